The standard InChI is InChI=1S/C45H33NO/c1-32-41-19-9-11-22-44(41)47-45(32)38-17-12-18-40(31-38)46(39-29-27-36(28-30-39)34-15-6-3-7-16-34)43-21-10-8-20-42(43)37-25-23-35(24-26-37)33-13-4-2-5-14-33/h2-31H,1H3. The highest BCUT2D eigenvalue weighted by Crippen LogP contribution is 2.43. The molecule has 8 rings (SSSR count). The van der Waals surface area contributed by atoms with Gasteiger partial charge in [0, 0.05) is 33.5 Å². The van der Waals surface area contributed by atoms with E-state index in [-0.39, 0.29) is 0 Å². The number of hydrogen-bond acceptors (Lipinski definition) is 2. The van der Waals surface area contributed by atoms with E-state index in [0.717, 1.165) is 56.0 Å². The largest absolute Gasteiger partial charge is 0.456 e. The van der Waals surface area contributed by atoms with Crippen molar-refractivity contribution in [1.82, 2.24) is 0 Å². The van der Waals surface area contributed by atoms with Crippen LogP contribution in [0.25, 0.3) is 55.7 Å². The molecule has 7 aromatic carbocycles. The van der Waals surface area contributed by atoms with E-state index in [1.807, 2.05) is 12.1 Å². The third-order valence-electron chi connectivity index (χ3n) is 8.89. The Hall–Kier alpha value is -6.12. The summed E-state index contributed by atoms with van der Waals surface area (Å²) in [6, 6.07) is 64.4. The molecule has 1 heterocycles. The van der Waals surface area contributed by atoms with Crippen LogP contribution < -0.4 is 4.90 Å². The molecule has 1 aromatic heterocycles. The summed E-state index contributed by atoms with van der Waals surface area (Å²) in [4.78, 5) is 2.36. The summed E-state index contributed by atoms with van der Waals surface area (Å²) in [6.07, 6.45) is 0. The minimum Gasteiger partial charge on any atom is -0.456 e. The minimum atomic E-state index is 0.900. The lowest BCUT2D eigenvalue weighted by molar-refractivity contribution is 0.629. The Kier molecular flexibility index (Phi) is 7.45. The molecule has 0 atom stereocenters. The predicted molar refractivity (Wildman–Crippen MR) is 197 cm³/mol. The Bertz CT molecular complexity index is 2280. The van der Waals surface area contributed by atoms with Gasteiger partial charge in [-0.15, -0.1) is 0 Å². The summed E-state index contributed by atoms with van der Waals surface area (Å²) in [5.41, 5.74) is 13.5. The third kappa shape index (κ3) is 5.51. The molecule has 0 radical (unpaired) electrons. The van der Waals surface area contributed by atoms with E-state index in [2.05, 4.69) is 182 Å². The van der Waals surface area contributed by atoms with Crippen LogP contribution in [0.15, 0.2) is 186 Å². The first-order valence-corrected chi connectivity index (χ1v) is 16.0. The summed E-state index contributed by atoms with van der Waals surface area (Å²) < 4.78 is 6.42. The van der Waals surface area contributed by atoms with E-state index in [1.165, 1.54) is 22.3 Å². The van der Waals surface area contributed by atoms with Gasteiger partial charge in [-0.3, -0.25) is 0 Å². The fourth-order valence-corrected chi connectivity index (χ4v) is 6.48. The smallest absolute Gasteiger partial charge is 0.138 e. The van der Waals surface area contributed by atoms with Crippen LogP contribution in [0.4, 0.5) is 17.1 Å². The Balaban J connectivity index is 1.26. The molecule has 0 bridgehead atoms. The molecule has 0 aliphatic heterocycles. The molecule has 8 aromatic rings. The van der Waals surface area contributed by atoms with Crippen molar-refractivity contribution in [2.24, 2.45) is 0 Å². The second kappa shape index (κ2) is 12.3. The highest BCUT2D eigenvalue weighted by Gasteiger charge is 2.19. The number of anilines is 3. The second-order valence-corrected chi connectivity index (χ2v) is 11.8. The van der Waals surface area contributed by atoms with Gasteiger partial charge in [0.15, 0.2) is 0 Å². The number of benzene rings is 7. The van der Waals surface area contributed by atoms with E-state index >= 15 is 0 Å². The minimum absolute atomic E-state index is 0.900. The summed E-state index contributed by atoms with van der Waals surface area (Å²) in [5, 5.41) is 1.14. The van der Waals surface area contributed by atoms with Gasteiger partial charge in [-0.1, -0.05) is 146 Å². The van der Waals surface area contributed by atoms with Crippen LogP contribution in [-0.2, 0) is 0 Å². The maximum absolute atomic E-state index is 6.42. The number of aryl methyl sites for hydroxylation is 1. The van der Waals surface area contributed by atoms with Crippen LogP contribution in [0.5, 0.6) is 0 Å². The summed E-state index contributed by atoms with van der Waals surface area (Å²) in [5.74, 6) is 0.900. The fraction of sp³-hybridized carbons (Fsp3) is 0.0222. The zero-order valence-corrected chi connectivity index (χ0v) is 26.2. The van der Waals surface area contributed by atoms with Crippen LogP contribution in [0.2, 0.25) is 0 Å². The Morgan fingerprint density at radius 3 is 1.62 bits per heavy atom. The predicted octanol–water partition coefficient (Wildman–Crippen LogP) is 12.9. The average Bonchev–Trinajstić information content (AvgIpc) is 3.49. The Morgan fingerprint density at radius 1 is 0.404 bits per heavy atom. The van der Waals surface area contributed by atoms with Crippen molar-refractivity contribution < 1.29 is 4.42 Å². The Morgan fingerprint density at radius 2 is 0.936 bits per heavy atom. The molecule has 0 unspecified atom stereocenters. The lowest BCUT2D eigenvalue weighted by atomic mass is 9.98. The van der Waals surface area contributed by atoms with Crippen LogP contribution in [0, 0.1) is 6.92 Å². The first kappa shape index (κ1) is 28.4. The molecule has 0 amide bonds. The van der Waals surface area contributed by atoms with Crippen molar-refractivity contribution in [3.63, 3.8) is 0 Å². The van der Waals surface area contributed by atoms with Crippen LogP contribution in [0.3, 0.4) is 0 Å². The molecule has 224 valence electrons. The lowest BCUT2D eigenvalue weighted by Crippen LogP contribution is -2.11. The monoisotopic (exact) mass is 603 g/mol. The normalized spacial score (nSPS) is 11.1. The van der Waals surface area contributed by atoms with E-state index in [0.29, 0.717) is 0 Å². The molecule has 0 saturated heterocycles. The molecular formula is C45H33NO. The summed E-state index contributed by atoms with van der Waals surface area (Å²) in [6.45, 7) is 2.14. The average molecular weight is 604 g/mol. The lowest BCUT2D eigenvalue weighted by Gasteiger charge is -2.28. The number of para-hydroxylation sites is 2. The van der Waals surface area contributed by atoms with Gasteiger partial charge in [0.1, 0.15) is 11.3 Å². The first-order chi connectivity index (χ1) is 23.2. The number of rotatable bonds is 7. The molecule has 0 saturated carbocycles. The third-order valence-corrected chi connectivity index (χ3v) is 8.89. The maximum Gasteiger partial charge on any atom is 0.138 e. The van der Waals surface area contributed by atoms with Crippen molar-refractivity contribution in [1.29, 1.82) is 0 Å². The quantitative estimate of drug-likeness (QED) is 0.180. The molecule has 0 spiro atoms. The van der Waals surface area contributed by atoms with Crippen molar-refractivity contribution in [3.05, 3.63) is 188 Å². The molecular weight excluding hydrogens is 571 g/mol. The zero-order valence-electron chi connectivity index (χ0n) is 26.2. The van der Waals surface area contributed by atoms with Gasteiger partial charge in [-0.25, -0.2) is 0 Å². The van der Waals surface area contributed by atoms with Crippen LogP contribution >= 0.6 is 0 Å². The molecule has 2 nitrogen and oxygen atoms in total. The van der Waals surface area contributed by atoms with Gasteiger partial charge < -0.3 is 9.32 Å². The van der Waals surface area contributed by atoms with E-state index in [9.17, 15) is 0 Å². The second-order valence-electron chi connectivity index (χ2n) is 11.8. The van der Waals surface area contributed by atoms with Gasteiger partial charge in [0.25, 0.3) is 0 Å². The molecule has 0 N–H and O–H groups in total. The Labute approximate surface area is 275 Å². The van der Waals surface area contributed by atoms with Gasteiger partial charge in [0.2, 0.25) is 0 Å². The number of hydrogen-bond donors (Lipinski definition) is 0. The van der Waals surface area contributed by atoms with Gasteiger partial charge in [-0.05, 0) is 71.1 Å². The van der Waals surface area contributed by atoms with Crippen LogP contribution in [-0.4, -0.2) is 0 Å². The van der Waals surface area contributed by atoms with Crippen molar-refractivity contribution in [2.45, 2.75) is 6.92 Å². The van der Waals surface area contributed by atoms with Gasteiger partial charge in [0.05, 0.1) is 5.69 Å². The molecule has 47 heavy (non-hydrogen) atoms. The van der Waals surface area contributed by atoms with Crippen molar-refractivity contribution in [2.75, 3.05) is 4.90 Å². The zero-order chi connectivity index (χ0) is 31.6. The molecule has 0 fully saturated rings. The first-order valence-electron chi connectivity index (χ1n) is 16.0. The van der Waals surface area contributed by atoms with E-state index in [1.54, 1.807) is 0 Å². The summed E-state index contributed by atoms with van der Waals surface area (Å²) >= 11 is 0. The molecule has 0 aliphatic carbocycles. The van der Waals surface area contributed by atoms with Crippen molar-refractivity contribution >= 4 is 28.0 Å². The highest BCUT2D eigenvalue weighted by molar-refractivity contribution is 5.91. The summed E-state index contributed by atoms with van der Waals surface area (Å²) in [7, 11) is 0. The fourth-order valence-electron chi connectivity index (χ4n) is 6.48. The van der Waals surface area contributed by atoms with Gasteiger partial charge >= 0.3 is 0 Å². The highest BCUT2D eigenvalue weighted by atomic mass is 16.3. The van der Waals surface area contributed by atoms with Crippen LogP contribution in [0.1, 0.15) is 5.56 Å². The van der Waals surface area contributed by atoms with E-state index in [4.69, 9.17) is 4.42 Å². The molecule has 0 aliphatic rings. The topological polar surface area (TPSA) is 16.4 Å². The van der Waals surface area contributed by atoms with Crippen molar-refractivity contribution in [3.8, 4) is 44.7 Å². The van der Waals surface area contributed by atoms with E-state index < -0.39 is 0 Å². The molecule has 2 heteroatoms. The van der Waals surface area contributed by atoms with Gasteiger partial charge in [-0.2, -0.15) is 0 Å². The SMILES string of the molecule is Cc1c(-c2cccc(N(c3ccc(-c4ccccc4)cc3)c3ccccc3-c3ccc(-c4ccccc4)cc3)c2)oc2ccccc12. The number of fused-ring (bicyclic) bond motifs is 1. The number of furan rings is 1. The number of nitrogens with zero attached hydrogens (tertiary/aromatic N) is 1. The maximum atomic E-state index is 6.42.